The van der Waals surface area contributed by atoms with Crippen LogP contribution >= 0.6 is 12.8 Å². The van der Waals surface area contributed by atoms with Crippen LogP contribution in [0.2, 0.25) is 0 Å². The molecule has 0 aromatic carbocycles. The molecule has 0 aromatic rings. The highest BCUT2D eigenvalue weighted by molar-refractivity contribution is 7.78. The van der Waals surface area contributed by atoms with Crippen molar-refractivity contribution in [2.45, 2.75) is 0 Å². The second-order valence-corrected chi connectivity index (χ2v) is 1.64. The minimum atomic E-state index is -0.602. The normalized spacial score (nSPS) is 7.25. The van der Waals surface area contributed by atoms with Gasteiger partial charge in [0.25, 0.3) is 5.91 Å². The van der Waals surface area contributed by atoms with Gasteiger partial charge in [0.1, 0.15) is 6.61 Å². The topological polar surface area (TPSA) is 75.6 Å². The molecule has 70 valence electrons. The average Bonchev–Trinajstić information content (AvgIpc) is 2.16. The minimum Gasteiger partial charge on any atom is -0.467 e. The number of nitrogens with one attached hydrogen (secondary N) is 1. The number of aliphatic hydroxyl groups is 1. The molecular formula is C6H11NO4S. The molecule has 0 saturated carbocycles. The maximum absolute atomic E-state index is 9.88. The third kappa shape index (κ3) is 11.7. The predicted molar refractivity (Wildman–Crippen MR) is 46.4 cm³/mol. The summed E-state index contributed by atoms with van der Waals surface area (Å²) < 4.78 is 6.06. The first-order valence-corrected chi connectivity index (χ1v) is 3.31. The van der Waals surface area contributed by atoms with Crippen LogP contribution in [0.5, 0.6) is 0 Å². The van der Waals surface area contributed by atoms with E-state index in [1.165, 1.54) is 7.11 Å². The number of methoxy groups -OCH3 is 1. The van der Waals surface area contributed by atoms with Crippen molar-refractivity contribution in [2.75, 3.05) is 13.7 Å². The molecule has 0 atom stereocenters. The molecular weight excluding hydrogens is 182 g/mol. The van der Waals surface area contributed by atoms with Gasteiger partial charge in [0.15, 0.2) is 0 Å². The van der Waals surface area contributed by atoms with Crippen molar-refractivity contribution >= 4 is 24.7 Å². The van der Waals surface area contributed by atoms with Crippen LogP contribution in [0, 0.1) is 0 Å². The van der Waals surface area contributed by atoms with E-state index in [-0.39, 0.29) is 5.91 Å². The monoisotopic (exact) mass is 193 g/mol. The summed E-state index contributed by atoms with van der Waals surface area (Å²) in [6.07, 6.45) is 1.15. The molecule has 1 amide bonds. The fraction of sp³-hybridized carbons (Fsp3) is 0.333. The van der Waals surface area contributed by atoms with Gasteiger partial charge in [-0.3, -0.25) is 9.52 Å². The van der Waals surface area contributed by atoms with Gasteiger partial charge in [-0.15, -0.1) is 0 Å². The van der Waals surface area contributed by atoms with E-state index in [1.54, 1.807) is 0 Å². The molecule has 0 rings (SSSR count). The van der Waals surface area contributed by atoms with Crippen LogP contribution in [-0.2, 0) is 14.3 Å². The lowest BCUT2D eigenvalue weighted by Gasteiger charge is -1.86. The van der Waals surface area contributed by atoms with E-state index < -0.39 is 12.6 Å². The second kappa shape index (κ2) is 9.99. The Morgan fingerprint density at radius 2 is 2.25 bits per heavy atom. The maximum atomic E-state index is 9.88. The number of ether oxygens (including phenoxy) is 1. The zero-order valence-electron chi connectivity index (χ0n) is 6.61. The van der Waals surface area contributed by atoms with E-state index in [9.17, 15) is 9.59 Å². The molecule has 0 aliphatic heterocycles. The molecule has 12 heavy (non-hydrogen) atoms. The van der Waals surface area contributed by atoms with Crippen LogP contribution in [0.4, 0.5) is 0 Å². The summed E-state index contributed by atoms with van der Waals surface area (Å²) in [5, 5.41) is 7.86. The second-order valence-electron chi connectivity index (χ2n) is 1.41. The third-order valence-electron chi connectivity index (χ3n) is 0.652. The van der Waals surface area contributed by atoms with Crippen molar-refractivity contribution in [3.05, 3.63) is 12.7 Å². The van der Waals surface area contributed by atoms with E-state index >= 15 is 0 Å². The number of esters is 1. The number of hydrogen-bond donors (Lipinski definition) is 3. The first-order chi connectivity index (χ1) is 5.62. The fourth-order valence-electron chi connectivity index (χ4n) is 0.110. The van der Waals surface area contributed by atoms with Crippen molar-refractivity contribution in [3.63, 3.8) is 0 Å². The Bertz CT molecular complexity index is 154. The summed E-state index contributed by atoms with van der Waals surface area (Å²) in [6, 6.07) is 0. The predicted octanol–water partition coefficient (Wildman–Crippen LogP) is -0.715. The number of rotatable bonds is 2. The molecule has 0 spiro atoms. The standard InChI is InChI=1S/C3H5NOS.C3H6O3/c1-2-3(5)4-6;1-6-3(5)2-4/h2,6H,1H2,(H,4,5);4H,2H2,1H3. The number of carbonyl (C=O) groups is 2. The first-order valence-electron chi connectivity index (χ1n) is 2.86. The molecule has 0 fully saturated rings. The zero-order chi connectivity index (χ0) is 9.98. The van der Waals surface area contributed by atoms with Crippen molar-refractivity contribution in [2.24, 2.45) is 0 Å². The van der Waals surface area contributed by atoms with Gasteiger partial charge in [0.2, 0.25) is 0 Å². The molecule has 0 aliphatic carbocycles. The molecule has 0 aliphatic rings. The molecule has 0 heterocycles. The summed E-state index contributed by atoms with van der Waals surface area (Å²) in [4.78, 5) is 19.6. The highest BCUT2D eigenvalue weighted by Gasteiger charge is 1.89. The molecule has 0 radical (unpaired) electrons. The van der Waals surface area contributed by atoms with Crippen LogP contribution in [-0.4, -0.2) is 30.7 Å². The van der Waals surface area contributed by atoms with Crippen molar-refractivity contribution in [1.29, 1.82) is 0 Å². The lowest BCUT2D eigenvalue weighted by Crippen LogP contribution is -2.06. The van der Waals surface area contributed by atoms with Crippen LogP contribution < -0.4 is 4.72 Å². The van der Waals surface area contributed by atoms with Gasteiger partial charge in [0, 0.05) is 0 Å². The van der Waals surface area contributed by atoms with Crippen LogP contribution in [0.15, 0.2) is 12.7 Å². The molecule has 0 bridgehead atoms. The minimum absolute atomic E-state index is 0.279. The van der Waals surface area contributed by atoms with Crippen molar-refractivity contribution in [3.8, 4) is 0 Å². The molecule has 2 N–H and O–H groups in total. The van der Waals surface area contributed by atoms with E-state index in [1.807, 2.05) is 0 Å². The summed E-state index contributed by atoms with van der Waals surface area (Å²) in [5.74, 6) is -0.881. The molecule has 5 nitrogen and oxygen atoms in total. The zero-order valence-corrected chi connectivity index (χ0v) is 7.51. The van der Waals surface area contributed by atoms with Crippen LogP contribution in [0.3, 0.4) is 0 Å². The Hall–Kier alpha value is -1.01. The van der Waals surface area contributed by atoms with Crippen molar-refractivity contribution in [1.82, 2.24) is 4.72 Å². The van der Waals surface area contributed by atoms with Crippen LogP contribution in [0.25, 0.3) is 0 Å². The van der Waals surface area contributed by atoms with E-state index in [0.717, 1.165) is 6.08 Å². The number of aliphatic hydroxyl groups excluding tert-OH is 1. The Labute approximate surface area is 76.0 Å². The van der Waals surface area contributed by atoms with Crippen LogP contribution in [0.1, 0.15) is 0 Å². The molecule has 0 aromatic heterocycles. The lowest BCUT2D eigenvalue weighted by molar-refractivity contribution is -0.143. The highest BCUT2D eigenvalue weighted by Crippen LogP contribution is 1.64. The Morgan fingerprint density at radius 1 is 1.75 bits per heavy atom. The molecule has 6 heteroatoms. The van der Waals surface area contributed by atoms with Gasteiger partial charge in [-0.1, -0.05) is 19.4 Å². The summed E-state index contributed by atoms with van der Waals surface area (Å²) in [5.41, 5.74) is 0. The smallest absolute Gasteiger partial charge is 0.331 e. The average molecular weight is 193 g/mol. The summed E-state index contributed by atoms with van der Waals surface area (Å²) in [6.45, 7) is 2.64. The van der Waals surface area contributed by atoms with E-state index in [4.69, 9.17) is 5.11 Å². The maximum Gasteiger partial charge on any atom is 0.331 e. The van der Waals surface area contributed by atoms with Gasteiger partial charge in [-0.2, -0.15) is 0 Å². The SMILES string of the molecule is C=CC(=O)NS.COC(=O)CO. The van der Waals surface area contributed by atoms with Gasteiger partial charge in [0.05, 0.1) is 7.11 Å². The summed E-state index contributed by atoms with van der Waals surface area (Å²) in [7, 11) is 1.22. The quantitative estimate of drug-likeness (QED) is 0.307. The number of hydrogen-bond acceptors (Lipinski definition) is 5. The van der Waals surface area contributed by atoms with E-state index in [0.29, 0.717) is 0 Å². The number of thiol groups is 1. The van der Waals surface area contributed by atoms with Gasteiger partial charge < -0.3 is 9.84 Å². The number of amides is 1. The Morgan fingerprint density at radius 3 is 2.25 bits per heavy atom. The van der Waals surface area contributed by atoms with Gasteiger partial charge in [-0.25, -0.2) is 4.79 Å². The fourth-order valence-corrected chi connectivity index (χ4v) is 0.201. The molecule has 0 unspecified atom stereocenters. The van der Waals surface area contributed by atoms with Gasteiger partial charge >= 0.3 is 5.97 Å². The number of carbonyl (C=O) groups excluding carboxylic acids is 2. The first kappa shape index (κ1) is 13.6. The third-order valence-corrected chi connectivity index (χ3v) is 0.873. The van der Waals surface area contributed by atoms with Gasteiger partial charge in [-0.05, 0) is 6.08 Å². The van der Waals surface area contributed by atoms with E-state index in [2.05, 4.69) is 28.9 Å². The largest absolute Gasteiger partial charge is 0.467 e. The Balaban J connectivity index is 0. The van der Waals surface area contributed by atoms with Crippen molar-refractivity contribution < 1.29 is 19.4 Å². The molecule has 0 saturated heterocycles. The lowest BCUT2D eigenvalue weighted by atomic mass is 10.6. The summed E-state index contributed by atoms with van der Waals surface area (Å²) >= 11 is 3.42. The highest BCUT2D eigenvalue weighted by atomic mass is 32.1. The Kier molecular flexibility index (Phi) is 11.3.